The fourth-order valence-corrected chi connectivity index (χ4v) is 6.71. The van der Waals surface area contributed by atoms with Gasteiger partial charge in [0.25, 0.3) is 0 Å². The Balaban J connectivity index is 0.000000299. The molecule has 0 aliphatic carbocycles. The Morgan fingerprint density at radius 3 is 2.09 bits per heavy atom. The first-order chi connectivity index (χ1) is 24.5. The molecular weight excluding hydrogens is 833 g/mol. The van der Waals surface area contributed by atoms with Crippen molar-refractivity contribution >= 4 is 49.4 Å². The molecule has 0 fully saturated rings. The summed E-state index contributed by atoms with van der Waals surface area (Å²) in [5, 5.41) is 15.8. The first-order valence-electron chi connectivity index (χ1n) is 19.0. The van der Waals surface area contributed by atoms with Gasteiger partial charge in [0.15, 0.2) is 5.78 Å². The summed E-state index contributed by atoms with van der Waals surface area (Å²) in [4.78, 5) is 22.4. The molecule has 6 heteroatoms. The molecule has 4 aromatic carbocycles. The van der Waals surface area contributed by atoms with E-state index in [1.165, 1.54) is 28.0 Å². The molecule has 0 unspecified atom stereocenters. The third kappa shape index (κ3) is 8.15. The van der Waals surface area contributed by atoms with Gasteiger partial charge in [0.1, 0.15) is 17.2 Å². The van der Waals surface area contributed by atoms with Gasteiger partial charge in [-0.15, -0.1) is 18.2 Å². The van der Waals surface area contributed by atoms with Crippen molar-refractivity contribution in [3.63, 3.8) is 0 Å². The number of carbonyl (C=O) groups excluding carboxylic acids is 1. The third-order valence-corrected chi connectivity index (χ3v) is 11.6. The average molecular weight is 890 g/mol. The predicted octanol–water partition coefficient (Wildman–Crippen LogP) is 13.5. The van der Waals surface area contributed by atoms with Crippen molar-refractivity contribution in [2.24, 2.45) is 10.8 Å². The maximum absolute atomic E-state index is 12.2. The fourth-order valence-electron chi connectivity index (χ4n) is 6.71. The topological polar surface area (TPSA) is 76.2 Å². The molecule has 0 saturated carbocycles. The van der Waals surface area contributed by atoms with Crippen LogP contribution in [0.25, 0.3) is 54.9 Å². The first-order valence-corrected chi connectivity index (χ1v) is 19.0. The fraction of sp³-hybridized carbons (Fsp3) is 0.426. The zero-order valence-corrected chi connectivity index (χ0v) is 36.1. The van der Waals surface area contributed by atoms with Gasteiger partial charge >= 0.3 is 0 Å². The number of ketones is 1. The maximum Gasteiger partial charge on any atom is 0.164 e. The molecule has 53 heavy (non-hydrogen) atoms. The molecule has 6 aromatic rings. The number of hydrogen-bond donors (Lipinski definition) is 1. The molecular formula is C47H57IrN2O3-. The van der Waals surface area contributed by atoms with Gasteiger partial charge in [-0.2, -0.15) is 0 Å². The van der Waals surface area contributed by atoms with Crippen LogP contribution >= 0.6 is 0 Å². The molecule has 1 N–H and O–H groups in total. The number of allylic oxidation sites excluding steroid dienone is 2. The van der Waals surface area contributed by atoms with Gasteiger partial charge < -0.3 is 9.52 Å². The van der Waals surface area contributed by atoms with Crippen LogP contribution in [0.4, 0.5) is 0 Å². The van der Waals surface area contributed by atoms with Gasteiger partial charge in [0.2, 0.25) is 0 Å². The second-order valence-electron chi connectivity index (χ2n) is 16.3. The number of furan rings is 1. The van der Waals surface area contributed by atoms with Crippen molar-refractivity contribution in [2.45, 2.75) is 120 Å². The summed E-state index contributed by atoms with van der Waals surface area (Å²) in [6, 6.07) is 24.7. The number of para-hydroxylation sites is 1. The number of fused-ring (bicyclic) bond motifs is 6. The molecule has 0 amide bonds. The minimum Gasteiger partial charge on any atom is -0.512 e. The molecule has 0 atom stereocenters. The van der Waals surface area contributed by atoms with Crippen molar-refractivity contribution in [2.75, 3.05) is 0 Å². The van der Waals surface area contributed by atoms with Crippen molar-refractivity contribution in [1.82, 2.24) is 9.97 Å². The molecule has 0 saturated heterocycles. The smallest absolute Gasteiger partial charge is 0.164 e. The van der Waals surface area contributed by atoms with Crippen molar-refractivity contribution in [3.05, 3.63) is 95.5 Å². The molecule has 6 rings (SSSR count). The van der Waals surface area contributed by atoms with Gasteiger partial charge in [-0.1, -0.05) is 130 Å². The van der Waals surface area contributed by atoms with E-state index in [0.29, 0.717) is 0 Å². The Kier molecular flexibility index (Phi) is 12.8. The van der Waals surface area contributed by atoms with Gasteiger partial charge in [0, 0.05) is 59.4 Å². The van der Waals surface area contributed by atoms with E-state index in [-0.39, 0.29) is 53.8 Å². The minimum absolute atomic E-state index is 0. The van der Waals surface area contributed by atoms with Crippen LogP contribution in [0.1, 0.15) is 125 Å². The summed E-state index contributed by atoms with van der Waals surface area (Å²) in [7, 11) is 0. The van der Waals surface area contributed by atoms with Gasteiger partial charge in [-0.3, -0.25) is 9.78 Å². The number of carbonyl (C=O) groups is 1. The quantitative estimate of drug-likeness (QED) is 0.0677. The van der Waals surface area contributed by atoms with E-state index in [4.69, 9.17) is 14.4 Å². The molecule has 2 heterocycles. The third-order valence-electron chi connectivity index (χ3n) is 11.6. The molecule has 5 nitrogen and oxygen atoms in total. The minimum atomic E-state index is -0.337. The molecule has 0 aliphatic heterocycles. The number of aliphatic hydroxyl groups is 1. The molecule has 0 aliphatic rings. The van der Waals surface area contributed by atoms with E-state index in [2.05, 4.69) is 84.0 Å². The number of aromatic nitrogens is 2. The number of benzene rings is 4. The van der Waals surface area contributed by atoms with E-state index in [1.54, 1.807) is 0 Å². The van der Waals surface area contributed by atoms with Crippen molar-refractivity contribution in [1.29, 1.82) is 0 Å². The summed E-state index contributed by atoms with van der Waals surface area (Å²) >= 11 is 0. The van der Waals surface area contributed by atoms with E-state index in [1.807, 2.05) is 65.8 Å². The van der Waals surface area contributed by atoms with E-state index >= 15 is 0 Å². The zero-order chi connectivity index (χ0) is 38.2. The SMILES string of the molecule is CCC(C)(CC)C(=O)/C=C(\O)C(C)(CC)CC.Cc1cc(C(C)(C)C)cc2ccc3c(-c4[c-]ccc5c4oc4ccccc45)nc(C(C)C)nc3c12.[Ir]. The second kappa shape index (κ2) is 16.2. The average Bonchev–Trinajstić information content (AvgIpc) is 3.52. The van der Waals surface area contributed by atoms with Gasteiger partial charge in [-0.25, -0.2) is 4.98 Å². The number of rotatable bonds is 9. The summed E-state index contributed by atoms with van der Waals surface area (Å²) in [5.74, 6) is 1.31. The Hall–Kier alpha value is -3.86. The van der Waals surface area contributed by atoms with Crippen LogP contribution in [0, 0.1) is 23.8 Å². The van der Waals surface area contributed by atoms with Crippen LogP contribution in [0.2, 0.25) is 0 Å². The first kappa shape index (κ1) is 41.9. The molecule has 2 aromatic heterocycles. The van der Waals surface area contributed by atoms with E-state index < -0.39 is 0 Å². The van der Waals surface area contributed by atoms with Crippen LogP contribution in [0.3, 0.4) is 0 Å². The van der Waals surface area contributed by atoms with Crippen LogP contribution in [0.15, 0.2) is 76.9 Å². The summed E-state index contributed by atoms with van der Waals surface area (Å²) < 4.78 is 6.36. The molecule has 0 spiro atoms. The van der Waals surface area contributed by atoms with Crippen LogP contribution in [-0.2, 0) is 30.3 Å². The standard InChI is InChI=1S/C32H29N2O.C15H28O2.Ir/c1-18(2)31-33-28(25-12-9-11-23-22-10-7-8-13-26(22)35-30(23)25)24-15-14-20-17-21(32(4,5)6)16-19(3)27(20)29(24)34-31;1-7-14(5,8-2)12(16)11-13(17)15(6,9-3)10-4;/h7-11,13-18H,1-6H3;11,16H,7-10H2,1-6H3;/q-1;;/b;12-11-;. The van der Waals surface area contributed by atoms with Crippen molar-refractivity contribution < 1.29 is 34.4 Å². The van der Waals surface area contributed by atoms with Crippen LogP contribution in [-0.4, -0.2) is 20.9 Å². The molecule has 0 bridgehead atoms. The largest absolute Gasteiger partial charge is 0.512 e. The van der Waals surface area contributed by atoms with E-state index in [9.17, 15) is 9.90 Å². The van der Waals surface area contributed by atoms with Gasteiger partial charge in [0.05, 0.1) is 11.1 Å². The van der Waals surface area contributed by atoms with Crippen LogP contribution in [0.5, 0.6) is 0 Å². The Bertz CT molecular complexity index is 2280. The number of nitrogens with zero attached hydrogens (tertiary/aromatic N) is 2. The monoisotopic (exact) mass is 890 g/mol. The Morgan fingerprint density at radius 1 is 0.849 bits per heavy atom. The van der Waals surface area contributed by atoms with Gasteiger partial charge in [-0.05, 0) is 66.0 Å². The van der Waals surface area contributed by atoms with Crippen molar-refractivity contribution in [3.8, 4) is 11.3 Å². The van der Waals surface area contributed by atoms with Crippen LogP contribution < -0.4 is 0 Å². The Labute approximate surface area is 330 Å². The molecule has 283 valence electrons. The van der Waals surface area contributed by atoms with E-state index in [0.717, 1.165) is 75.6 Å². The number of aryl methyl sites for hydroxylation is 1. The zero-order valence-electron chi connectivity index (χ0n) is 33.7. The second-order valence-corrected chi connectivity index (χ2v) is 16.3. The predicted molar refractivity (Wildman–Crippen MR) is 219 cm³/mol. The molecule has 1 radical (unpaired) electrons. The normalized spacial score (nSPS) is 12.7. The summed E-state index contributed by atoms with van der Waals surface area (Å²) in [5.41, 5.74) is 6.51. The Morgan fingerprint density at radius 2 is 1.49 bits per heavy atom. The number of hydrogen-bond acceptors (Lipinski definition) is 5. The summed E-state index contributed by atoms with van der Waals surface area (Å²) in [6.07, 6.45) is 4.75. The maximum atomic E-state index is 12.2. The number of aliphatic hydroxyl groups excluding tert-OH is 1. The summed E-state index contributed by atoms with van der Waals surface area (Å²) in [6.45, 7) is 25.3.